The van der Waals surface area contributed by atoms with Gasteiger partial charge in [-0.2, -0.15) is 0 Å². The normalized spacial score (nSPS) is 13.3. The molecule has 1 rings (SSSR count). The number of rotatable bonds is 7. The Bertz CT molecular complexity index is 585. The molecule has 2 N–H and O–H groups in total. The number of methoxy groups -OCH3 is 1. The number of hydrogen-bond acceptors (Lipinski definition) is 6. The number of aromatic nitrogens is 1. The number of ether oxygens (including phenoxy) is 1. The van der Waals surface area contributed by atoms with E-state index < -0.39 is 11.5 Å². The summed E-state index contributed by atoms with van der Waals surface area (Å²) in [6.07, 6.45) is 0.443. The molecule has 8 heteroatoms. The van der Waals surface area contributed by atoms with Gasteiger partial charge in [0.25, 0.3) is 0 Å². The predicted octanol–water partition coefficient (Wildman–Crippen LogP) is 1.74. The van der Waals surface area contributed by atoms with Crippen LogP contribution in [0.4, 0.5) is 5.13 Å². The molecular formula is C15H23N3O4S. The molecule has 7 nitrogen and oxygen atoms in total. The van der Waals surface area contributed by atoms with Crippen molar-refractivity contribution >= 4 is 34.3 Å². The van der Waals surface area contributed by atoms with Gasteiger partial charge in [0.2, 0.25) is 11.8 Å². The number of carbonyl (C=O) groups is 3. The van der Waals surface area contributed by atoms with Crippen molar-refractivity contribution in [2.75, 3.05) is 12.4 Å². The van der Waals surface area contributed by atoms with Crippen LogP contribution in [0.3, 0.4) is 0 Å². The lowest BCUT2D eigenvalue weighted by Crippen LogP contribution is -2.52. The van der Waals surface area contributed by atoms with Gasteiger partial charge >= 0.3 is 5.97 Å². The number of anilines is 1. The van der Waals surface area contributed by atoms with Gasteiger partial charge in [-0.15, -0.1) is 11.3 Å². The molecule has 0 aromatic carbocycles. The highest BCUT2D eigenvalue weighted by molar-refractivity contribution is 7.13. The van der Waals surface area contributed by atoms with Gasteiger partial charge in [0.05, 0.1) is 19.2 Å². The van der Waals surface area contributed by atoms with Crippen LogP contribution >= 0.6 is 11.3 Å². The summed E-state index contributed by atoms with van der Waals surface area (Å²) in [7, 11) is 1.28. The van der Waals surface area contributed by atoms with Crippen LogP contribution in [0.1, 0.15) is 39.8 Å². The van der Waals surface area contributed by atoms with E-state index in [0.717, 1.165) is 0 Å². The van der Waals surface area contributed by atoms with Crippen LogP contribution < -0.4 is 10.6 Å². The van der Waals surface area contributed by atoms with Crippen molar-refractivity contribution in [2.24, 2.45) is 5.92 Å². The lowest BCUT2D eigenvalue weighted by molar-refractivity contribution is -0.150. The maximum Gasteiger partial charge on any atom is 0.331 e. The van der Waals surface area contributed by atoms with Gasteiger partial charge < -0.3 is 15.4 Å². The summed E-state index contributed by atoms with van der Waals surface area (Å²) in [6, 6.07) is 0. The van der Waals surface area contributed by atoms with E-state index in [2.05, 4.69) is 15.6 Å². The summed E-state index contributed by atoms with van der Waals surface area (Å²) in [5.41, 5.74) is -0.522. The van der Waals surface area contributed by atoms with Gasteiger partial charge in [-0.3, -0.25) is 9.59 Å². The number of esters is 1. The maximum atomic E-state index is 12.1. The molecule has 2 amide bonds. The second kappa shape index (κ2) is 8.05. The molecular weight excluding hydrogens is 318 g/mol. The highest BCUT2D eigenvalue weighted by Gasteiger charge is 2.34. The first-order valence-electron chi connectivity index (χ1n) is 7.36. The molecule has 0 aliphatic heterocycles. The third-order valence-electron chi connectivity index (χ3n) is 3.41. The minimum absolute atomic E-state index is 0.0284. The van der Waals surface area contributed by atoms with E-state index in [4.69, 9.17) is 4.74 Å². The molecule has 0 saturated carbocycles. The number of amides is 2. The molecule has 0 aliphatic carbocycles. The number of nitrogens with one attached hydrogen (secondary N) is 2. The first-order chi connectivity index (χ1) is 10.7. The average Bonchev–Trinajstić information content (AvgIpc) is 2.92. The Hall–Kier alpha value is -1.96. The Morgan fingerprint density at radius 3 is 2.57 bits per heavy atom. The fourth-order valence-corrected chi connectivity index (χ4v) is 2.43. The van der Waals surface area contributed by atoms with Gasteiger partial charge in [-0.1, -0.05) is 20.8 Å². The van der Waals surface area contributed by atoms with Crippen molar-refractivity contribution in [3.05, 3.63) is 11.1 Å². The second-order valence-corrected chi connectivity index (χ2v) is 6.55. The van der Waals surface area contributed by atoms with E-state index in [1.54, 1.807) is 33.1 Å². The van der Waals surface area contributed by atoms with Gasteiger partial charge in [-0.05, 0) is 13.3 Å². The standard InChI is InChI=1S/C15H23N3O4S/c1-6-15(4,13(21)22-5)18-11(19)7-10-8-23-14(16-10)17-12(20)9(2)3/h8-9H,6-7H2,1-5H3,(H,18,19)(H,16,17,20)/t15-/m0/s1. The van der Waals surface area contributed by atoms with Gasteiger partial charge in [0.1, 0.15) is 5.54 Å². The summed E-state index contributed by atoms with van der Waals surface area (Å²) in [4.78, 5) is 39.7. The summed E-state index contributed by atoms with van der Waals surface area (Å²) < 4.78 is 4.71. The molecule has 0 saturated heterocycles. The van der Waals surface area contributed by atoms with Crippen molar-refractivity contribution in [1.29, 1.82) is 0 Å². The van der Waals surface area contributed by atoms with Crippen LogP contribution in [0, 0.1) is 5.92 Å². The quantitative estimate of drug-likeness (QED) is 0.736. The van der Waals surface area contributed by atoms with E-state index >= 15 is 0 Å². The first kappa shape index (κ1) is 19.1. The Labute approximate surface area is 139 Å². The van der Waals surface area contributed by atoms with E-state index in [1.807, 2.05) is 0 Å². The van der Waals surface area contributed by atoms with E-state index in [1.165, 1.54) is 18.4 Å². The van der Waals surface area contributed by atoms with Crippen LogP contribution in [-0.4, -0.2) is 35.4 Å². The minimum atomic E-state index is -1.06. The SMILES string of the molecule is CC[C@](C)(NC(=O)Cc1csc(NC(=O)C(C)C)n1)C(=O)OC. The topological polar surface area (TPSA) is 97.4 Å². The van der Waals surface area contributed by atoms with E-state index in [-0.39, 0.29) is 24.2 Å². The Morgan fingerprint density at radius 2 is 2.04 bits per heavy atom. The van der Waals surface area contributed by atoms with Crippen LogP contribution in [-0.2, 0) is 25.5 Å². The van der Waals surface area contributed by atoms with Crippen LogP contribution in [0.2, 0.25) is 0 Å². The Kier molecular flexibility index (Phi) is 6.68. The lowest BCUT2D eigenvalue weighted by Gasteiger charge is -2.26. The number of hydrogen-bond donors (Lipinski definition) is 2. The Morgan fingerprint density at radius 1 is 1.39 bits per heavy atom. The molecule has 0 aliphatic rings. The highest BCUT2D eigenvalue weighted by atomic mass is 32.1. The highest BCUT2D eigenvalue weighted by Crippen LogP contribution is 2.17. The summed E-state index contributed by atoms with van der Waals surface area (Å²) in [6.45, 7) is 6.98. The molecule has 1 heterocycles. The molecule has 1 atom stereocenters. The van der Waals surface area contributed by atoms with Gasteiger partial charge in [0.15, 0.2) is 5.13 Å². The van der Waals surface area contributed by atoms with E-state index in [0.29, 0.717) is 17.2 Å². The molecule has 128 valence electrons. The first-order valence-corrected chi connectivity index (χ1v) is 8.24. The van der Waals surface area contributed by atoms with Gasteiger partial charge in [-0.25, -0.2) is 9.78 Å². The smallest absolute Gasteiger partial charge is 0.331 e. The van der Waals surface area contributed by atoms with Crippen molar-refractivity contribution in [2.45, 2.75) is 46.1 Å². The van der Waals surface area contributed by atoms with E-state index in [9.17, 15) is 14.4 Å². The van der Waals surface area contributed by atoms with Crippen molar-refractivity contribution in [1.82, 2.24) is 10.3 Å². The monoisotopic (exact) mass is 341 g/mol. The van der Waals surface area contributed by atoms with Gasteiger partial charge in [0, 0.05) is 11.3 Å². The molecule has 0 bridgehead atoms. The van der Waals surface area contributed by atoms with Crippen LogP contribution in [0.5, 0.6) is 0 Å². The molecule has 0 fully saturated rings. The summed E-state index contributed by atoms with van der Waals surface area (Å²) in [5.74, 6) is -1.08. The third-order valence-corrected chi connectivity index (χ3v) is 4.21. The number of carbonyl (C=O) groups excluding carboxylic acids is 3. The van der Waals surface area contributed by atoms with Crippen LogP contribution in [0.15, 0.2) is 5.38 Å². The predicted molar refractivity (Wildman–Crippen MR) is 88.1 cm³/mol. The summed E-state index contributed by atoms with van der Waals surface area (Å²) >= 11 is 1.26. The molecule has 0 radical (unpaired) electrons. The minimum Gasteiger partial charge on any atom is -0.467 e. The second-order valence-electron chi connectivity index (χ2n) is 5.69. The molecule has 1 aromatic heterocycles. The molecule has 0 spiro atoms. The summed E-state index contributed by atoms with van der Waals surface area (Å²) in [5, 5.41) is 7.52. The number of nitrogens with zero attached hydrogens (tertiary/aromatic N) is 1. The zero-order valence-corrected chi connectivity index (χ0v) is 14.9. The van der Waals surface area contributed by atoms with Crippen LogP contribution in [0.25, 0.3) is 0 Å². The zero-order chi connectivity index (χ0) is 17.6. The molecule has 23 heavy (non-hydrogen) atoms. The molecule has 0 unspecified atom stereocenters. The maximum absolute atomic E-state index is 12.1. The fraction of sp³-hybridized carbons (Fsp3) is 0.600. The van der Waals surface area contributed by atoms with Crippen molar-refractivity contribution in [3.8, 4) is 0 Å². The third kappa shape index (κ3) is 5.31. The van der Waals surface area contributed by atoms with Crippen molar-refractivity contribution in [3.63, 3.8) is 0 Å². The Balaban J connectivity index is 2.66. The lowest BCUT2D eigenvalue weighted by atomic mass is 9.99. The largest absolute Gasteiger partial charge is 0.467 e. The number of thiazole rings is 1. The molecule has 1 aromatic rings. The zero-order valence-electron chi connectivity index (χ0n) is 14.1. The van der Waals surface area contributed by atoms with Crippen molar-refractivity contribution < 1.29 is 19.1 Å². The average molecular weight is 341 g/mol. The fourth-order valence-electron chi connectivity index (χ4n) is 1.72.